The summed E-state index contributed by atoms with van der Waals surface area (Å²) >= 11 is 0. The van der Waals surface area contributed by atoms with Crippen molar-refractivity contribution in [1.82, 2.24) is 10.2 Å². The summed E-state index contributed by atoms with van der Waals surface area (Å²) in [5, 5.41) is 3.67. The molecular weight excluding hydrogens is 240 g/mol. The largest absolute Gasteiger partial charge is 0.497 e. The molecule has 0 bridgehead atoms. The lowest BCUT2D eigenvalue weighted by Gasteiger charge is -2.50. The summed E-state index contributed by atoms with van der Waals surface area (Å²) in [5.41, 5.74) is 1.48. The Balaban J connectivity index is 1.85. The highest BCUT2D eigenvalue weighted by Gasteiger charge is 2.47. The molecule has 0 aromatic heterocycles. The number of hydrogen-bond donors (Lipinski definition) is 1. The van der Waals surface area contributed by atoms with Crippen molar-refractivity contribution in [2.75, 3.05) is 47.0 Å². The Hall–Kier alpha value is -1.10. The van der Waals surface area contributed by atoms with Crippen LogP contribution >= 0.6 is 0 Å². The summed E-state index contributed by atoms with van der Waals surface area (Å²) in [6.07, 6.45) is 0. The Morgan fingerprint density at radius 3 is 2.58 bits per heavy atom. The standard InChI is InChI=1S/C15H22N2O2/c1-17-8-7-16-14(9-17)15(10-19-11-15)12-3-5-13(18-2)6-4-12/h3-6,14,16H,7-11H2,1-2H3. The van der Waals surface area contributed by atoms with Crippen LogP contribution in [-0.4, -0.2) is 57.9 Å². The van der Waals surface area contributed by atoms with Gasteiger partial charge in [-0.1, -0.05) is 12.1 Å². The van der Waals surface area contributed by atoms with E-state index in [1.54, 1.807) is 7.11 Å². The van der Waals surface area contributed by atoms with Crippen molar-refractivity contribution in [3.05, 3.63) is 29.8 Å². The number of nitrogens with zero attached hydrogens (tertiary/aromatic N) is 1. The molecule has 4 nitrogen and oxygen atoms in total. The molecule has 2 saturated heterocycles. The maximum atomic E-state index is 5.55. The lowest BCUT2D eigenvalue weighted by atomic mass is 9.71. The van der Waals surface area contributed by atoms with Crippen LogP contribution in [0.25, 0.3) is 0 Å². The molecule has 2 fully saturated rings. The Labute approximate surface area is 114 Å². The number of piperazine rings is 1. The summed E-state index contributed by atoms with van der Waals surface area (Å²) in [7, 11) is 3.89. The molecule has 19 heavy (non-hydrogen) atoms. The minimum absolute atomic E-state index is 0.126. The van der Waals surface area contributed by atoms with Gasteiger partial charge in [-0.3, -0.25) is 0 Å². The van der Waals surface area contributed by atoms with Gasteiger partial charge in [0.25, 0.3) is 0 Å². The monoisotopic (exact) mass is 262 g/mol. The number of nitrogens with one attached hydrogen (secondary N) is 1. The average molecular weight is 262 g/mol. The summed E-state index contributed by atoms with van der Waals surface area (Å²) in [5.74, 6) is 0.910. The average Bonchev–Trinajstić information content (AvgIpc) is 2.38. The van der Waals surface area contributed by atoms with Gasteiger partial charge in [0, 0.05) is 25.7 Å². The van der Waals surface area contributed by atoms with Gasteiger partial charge in [-0.25, -0.2) is 0 Å². The van der Waals surface area contributed by atoms with Crippen molar-refractivity contribution < 1.29 is 9.47 Å². The van der Waals surface area contributed by atoms with Crippen LogP contribution < -0.4 is 10.1 Å². The van der Waals surface area contributed by atoms with E-state index in [0.29, 0.717) is 6.04 Å². The molecule has 2 aliphatic rings. The van der Waals surface area contributed by atoms with Gasteiger partial charge in [0.1, 0.15) is 5.75 Å². The summed E-state index contributed by atoms with van der Waals surface area (Å²) < 4.78 is 10.8. The van der Waals surface area contributed by atoms with E-state index in [-0.39, 0.29) is 5.41 Å². The van der Waals surface area contributed by atoms with Gasteiger partial charge in [-0.05, 0) is 24.7 Å². The first-order valence-corrected chi connectivity index (χ1v) is 6.89. The van der Waals surface area contributed by atoms with Crippen LogP contribution in [0, 0.1) is 0 Å². The van der Waals surface area contributed by atoms with E-state index >= 15 is 0 Å². The molecule has 0 saturated carbocycles. The van der Waals surface area contributed by atoms with Gasteiger partial charge >= 0.3 is 0 Å². The van der Waals surface area contributed by atoms with Crippen molar-refractivity contribution >= 4 is 0 Å². The fourth-order valence-corrected chi connectivity index (χ4v) is 3.08. The molecule has 1 unspecified atom stereocenters. The molecule has 0 amide bonds. The highest BCUT2D eigenvalue weighted by atomic mass is 16.5. The van der Waals surface area contributed by atoms with E-state index in [9.17, 15) is 0 Å². The van der Waals surface area contributed by atoms with E-state index in [1.165, 1.54) is 5.56 Å². The van der Waals surface area contributed by atoms with Gasteiger partial charge in [0.2, 0.25) is 0 Å². The second-order valence-corrected chi connectivity index (χ2v) is 5.65. The van der Waals surface area contributed by atoms with Gasteiger partial charge in [0.05, 0.1) is 25.7 Å². The molecule has 1 N–H and O–H groups in total. The number of hydrogen-bond acceptors (Lipinski definition) is 4. The van der Waals surface area contributed by atoms with Crippen LogP contribution in [0.4, 0.5) is 0 Å². The number of rotatable bonds is 3. The van der Waals surface area contributed by atoms with Crippen molar-refractivity contribution in [3.63, 3.8) is 0 Å². The minimum atomic E-state index is 0.126. The van der Waals surface area contributed by atoms with Crippen LogP contribution in [0.3, 0.4) is 0 Å². The number of likely N-dealkylation sites (N-methyl/N-ethyl adjacent to an activating group) is 1. The zero-order chi connectivity index (χ0) is 13.3. The van der Waals surface area contributed by atoms with Crippen LogP contribution in [0.15, 0.2) is 24.3 Å². The van der Waals surface area contributed by atoms with Gasteiger partial charge in [0.15, 0.2) is 0 Å². The molecule has 2 heterocycles. The molecule has 104 valence electrons. The van der Waals surface area contributed by atoms with E-state index in [0.717, 1.165) is 38.6 Å². The zero-order valence-electron chi connectivity index (χ0n) is 11.7. The first-order valence-electron chi connectivity index (χ1n) is 6.89. The third kappa shape index (κ3) is 2.24. The van der Waals surface area contributed by atoms with E-state index in [1.807, 2.05) is 12.1 Å². The van der Waals surface area contributed by atoms with Gasteiger partial charge in [-0.15, -0.1) is 0 Å². The van der Waals surface area contributed by atoms with E-state index < -0.39 is 0 Å². The Bertz CT molecular complexity index is 428. The van der Waals surface area contributed by atoms with Crippen LogP contribution in [0.1, 0.15) is 5.56 Å². The Morgan fingerprint density at radius 1 is 1.32 bits per heavy atom. The second kappa shape index (κ2) is 5.12. The van der Waals surface area contributed by atoms with Crippen molar-refractivity contribution in [1.29, 1.82) is 0 Å². The SMILES string of the molecule is COc1ccc(C2(C3CN(C)CCN3)COC2)cc1. The summed E-state index contributed by atoms with van der Waals surface area (Å²) in [6.45, 7) is 4.88. The maximum absolute atomic E-state index is 5.55. The third-order valence-corrected chi connectivity index (χ3v) is 4.43. The number of methoxy groups -OCH3 is 1. The fraction of sp³-hybridized carbons (Fsp3) is 0.600. The van der Waals surface area contributed by atoms with Crippen LogP contribution in [0.2, 0.25) is 0 Å². The molecule has 0 spiro atoms. The molecule has 2 aliphatic heterocycles. The second-order valence-electron chi connectivity index (χ2n) is 5.65. The quantitative estimate of drug-likeness (QED) is 0.876. The smallest absolute Gasteiger partial charge is 0.118 e. The fourth-order valence-electron chi connectivity index (χ4n) is 3.08. The molecule has 0 aliphatic carbocycles. The third-order valence-electron chi connectivity index (χ3n) is 4.43. The zero-order valence-corrected chi connectivity index (χ0v) is 11.7. The van der Waals surface area contributed by atoms with Crippen molar-refractivity contribution in [2.45, 2.75) is 11.5 Å². The van der Waals surface area contributed by atoms with Crippen LogP contribution in [-0.2, 0) is 10.2 Å². The molecule has 4 heteroatoms. The lowest BCUT2D eigenvalue weighted by molar-refractivity contribution is -0.0865. The minimum Gasteiger partial charge on any atom is -0.497 e. The predicted molar refractivity (Wildman–Crippen MR) is 74.8 cm³/mol. The van der Waals surface area contributed by atoms with E-state index in [2.05, 4.69) is 29.4 Å². The maximum Gasteiger partial charge on any atom is 0.118 e. The Morgan fingerprint density at radius 2 is 2.05 bits per heavy atom. The van der Waals surface area contributed by atoms with Gasteiger partial charge in [-0.2, -0.15) is 0 Å². The normalized spacial score (nSPS) is 26.7. The van der Waals surface area contributed by atoms with Crippen LogP contribution in [0.5, 0.6) is 5.75 Å². The molecular formula is C15H22N2O2. The summed E-state index contributed by atoms with van der Waals surface area (Å²) in [6, 6.07) is 8.91. The first kappa shape index (κ1) is 12.9. The predicted octanol–water partition coefficient (Wildman–Crippen LogP) is 0.867. The van der Waals surface area contributed by atoms with Crippen molar-refractivity contribution in [3.8, 4) is 5.75 Å². The highest BCUT2D eigenvalue weighted by Crippen LogP contribution is 2.37. The van der Waals surface area contributed by atoms with Gasteiger partial charge < -0.3 is 19.7 Å². The number of benzene rings is 1. The van der Waals surface area contributed by atoms with Crippen molar-refractivity contribution in [2.24, 2.45) is 0 Å². The molecule has 0 radical (unpaired) electrons. The Kier molecular flexibility index (Phi) is 3.48. The topological polar surface area (TPSA) is 33.7 Å². The molecule has 1 aromatic carbocycles. The number of ether oxygens (including phenoxy) is 2. The molecule has 3 rings (SSSR count). The van der Waals surface area contributed by atoms with E-state index in [4.69, 9.17) is 9.47 Å². The molecule has 1 aromatic rings. The highest BCUT2D eigenvalue weighted by molar-refractivity contribution is 5.36. The first-order chi connectivity index (χ1) is 9.24. The lowest BCUT2D eigenvalue weighted by Crippen LogP contribution is -2.66. The molecule has 1 atom stereocenters. The summed E-state index contributed by atoms with van der Waals surface area (Å²) in [4.78, 5) is 2.39.